The Balaban J connectivity index is 2.12. The molecule has 1 N–H and O–H groups in total. The summed E-state index contributed by atoms with van der Waals surface area (Å²) >= 11 is 0. The van der Waals surface area contributed by atoms with E-state index in [0.29, 0.717) is 36.7 Å². The van der Waals surface area contributed by atoms with Gasteiger partial charge in [-0.25, -0.2) is 8.78 Å². The summed E-state index contributed by atoms with van der Waals surface area (Å²) < 4.78 is 39.5. The van der Waals surface area contributed by atoms with Gasteiger partial charge in [0.2, 0.25) is 0 Å². The van der Waals surface area contributed by atoms with Gasteiger partial charge in [0, 0.05) is 41.9 Å². The lowest BCUT2D eigenvalue weighted by molar-refractivity contribution is 0.565. The van der Waals surface area contributed by atoms with Crippen molar-refractivity contribution in [3.63, 3.8) is 0 Å². The number of halogens is 2. The van der Waals surface area contributed by atoms with Crippen LogP contribution in [0.2, 0.25) is 0 Å². The first kappa shape index (κ1) is 15.4. The first-order valence-corrected chi connectivity index (χ1v) is 8.39. The van der Waals surface area contributed by atoms with Crippen molar-refractivity contribution in [2.75, 3.05) is 36.0 Å². The van der Waals surface area contributed by atoms with Gasteiger partial charge in [0.1, 0.15) is 17.3 Å². The standard InChI is InChI=1S/C14H20F2N2OS/c1-2-3-17-10-11-8-12(15)14(13(16)9-11)18-4-6-20(19)7-5-18/h8-9,17H,2-7,10H2,1H3. The largest absolute Gasteiger partial charge is 0.365 e. The predicted octanol–water partition coefficient (Wildman–Crippen LogP) is 2.03. The van der Waals surface area contributed by atoms with Crippen LogP contribution < -0.4 is 10.2 Å². The Hall–Kier alpha value is -1.01. The predicted molar refractivity (Wildman–Crippen MR) is 78.4 cm³/mol. The molecule has 0 aromatic heterocycles. The molecule has 3 nitrogen and oxygen atoms in total. The summed E-state index contributed by atoms with van der Waals surface area (Å²) in [6.45, 7) is 4.20. The molecule has 112 valence electrons. The average molecular weight is 302 g/mol. The molecule has 0 amide bonds. The molecule has 1 aliphatic heterocycles. The van der Waals surface area contributed by atoms with Crippen molar-refractivity contribution < 1.29 is 13.0 Å². The van der Waals surface area contributed by atoms with Gasteiger partial charge in [-0.3, -0.25) is 4.21 Å². The van der Waals surface area contributed by atoms with Crippen molar-refractivity contribution >= 4 is 16.5 Å². The Morgan fingerprint density at radius 2 is 1.85 bits per heavy atom. The Labute approximate surface area is 120 Å². The van der Waals surface area contributed by atoms with Crippen LogP contribution in [0.5, 0.6) is 0 Å². The van der Waals surface area contributed by atoms with Crippen molar-refractivity contribution in [1.82, 2.24) is 5.32 Å². The Morgan fingerprint density at radius 1 is 1.25 bits per heavy atom. The molecule has 1 aliphatic rings. The maximum absolute atomic E-state index is 14.1. The van der Waals surface area contributed by atoms with Gasteiger partial charge in [-0.2, -0.15) is 0 Å². The van der Waals surface area contributed by atoms with Crippen LogP contribution in [0.1, 0.15) is 18.9 Å². The molecule has 1 aromatic carbocycles. The molecule has 2 rings (SSSR count). The summed E-state index contributed by atoms with van der Waals surface area (Å²) in [6.07, 6.45) is 0.980. The van der Waals surface area contributed by atoms with E-state index >= 15 is 0 Å². The number of rotatable bonds is 5. The smallest absolute Gasteiger partial charge is 0.149 e. The molecule has 1 fully saturated rings. The molecule has 0 radical (unpaired) electrons. The van der Waals surface area contributed by atoms with Gasteiger partial charge < -0.3 is 10.2 Å². The zero-order valence-corrected chi connectivity index (χ0v) is 12.4. The van der Waals surface area contributed by atoms with Gasteiger partial charge in [-0.15, -0.1) is 0 Å². The van der Waals surface area contributed by atoms with Crippen LogP contribution in [0, 0.1) is 11.6 Å². The summed E-state index contributed by atoms with van der Waals surface area (Å²) in [5, 5.41) is 3.12. The van der Waals surface area contributed by atoms with E-state index in [1.165, 1.54) is 12.1 Å². The lowest BCUT2D eigenvalue weighted by atomic mass is 10.1. The number of anilines is 1. The van der Waals surface area contributed by atoms with Crippen LogP contribution in [0.4, 0.5) is 14.5 Å². The van der Waals surface area contributed by atoms with E-state index in [1.54, 1.807) is 4.90 Å². The van der Waals surface area contributed by atoms with E-state index in [2.05, 4.69) is 5.32 Å². The summed E-state index contributed by atoms with van der Waals surface area (Å²) in [5.74, 6) is -0.130. The van der Waals surface area contributed by atoms with Crippen molar-refractivity contribution in [3.8, 4) is 0 Å². The second-order valence-electron chi connectivity index (χ2n) is 4.92. The summed E-state index contributed by atoms with van der Waals surface area (Å²) in [7, 11) is -0.854. The highest BCUT2D eigenvalue weighted by Gasteiger charge is 2.22. The number of nitrogens with zero attached hydrogens (tertiary/aromatic N) is 1. The van der Waals surface area contributed by atoms with E-state index < -0.39 is 22.4 Å². The number of nitrogens with one attached hydrogen (secondary N) is 1. The molecular formula is C14H20F2N2OS. The van der Waals surface area contributed by atoms with Crippen LogP contribution in [0.15, 0.2) is 12.1 Å². The fraction of sp³-hybridized carbons (Fsp3) is 0.571. The molecule has 1 aromatic rings. The van der Waals surface area contributed by atoms with Crippen LogP contribution in [0.25, 0.3) is 0 Å². The van der Waals surface area contributed by atoms with Crippen molar-refractivity contribution in [2.24, 2.45) is 0 Å². The summed E-state index contributed by atoms with van der Waals surface area (Å²) in [5.41, 5.74) is 0.624. The topological polar surface area (TPSA) is 32.3 Å². The normalized spacial score (nSPS) is 16.6. The van der Waals surface area contributed by atoms with Gasteiger partial charge in [-0.1, -0.05) is 6.92 Å². The second-order valence-corrected chi connectivity index (χ2v) is 6.62. The number of hydrogen-bond acceptors (Lipinski definition) is 3. The molecule has 0 atom stereocenters. The molecule has 20 heavy (non-hydrogen) atoms. The van der Waals surface area contributed by atoms with Crippen LogP contribution in [0.3, 0.4) is 0 Å². The number of benzene rings is 1. The van der Waals surface area contributed by atoms with Crippen LogP contribution >= 0.6 is 0 Å². The third-order valence-electron chi connectivity index (χ3n) is 3.33. The zero-order valence-electron chi connectivity index (χ0n) is 11.6. The minimum absolute atomic E-state index is 0.0148. The number of hydrogen-bond donors (Lipinski definition) is 1. The molecule has 0 saturated carbocycles. The van der Waals surface area contributed by atoms with Gasteiger partial charge in [0.15, 0.2) is 0 Å². The van der Waals surface area contributed by atoms with E-state index in [0.717, 1.165) is 13.0 Å². The Bertz CT molecular complexity index is 463. The SMILES string of the molecule is CCCNCc1cc(F)c(N2CCS(=O)CC2)c(F)c1. The van der Waals surface area contributed by atoms with Gasteiger partial charge in [0.25, 0.3) is 0 Å². The highest BCUT2D eigenvalue weighted by molar-refractivity contribution is 7.85. The van der Waals surface area contributed by atoms with Crippen molar-refractivity contribution in [2.45, 2.75) is 19.9 Å². The Kier molecular flexibility index (Phi) is 5.48. The fourth-order valence-electron chi connectivity index (χ4n) is 2.29. The lowest BCUT2D eigenvalue weighted by Gasteiger charge is -2.29. The highest BCUT2D eigenvalue weighted by Crippen LogP contribution is 2.26. The van der Waals surface area contributed by atoms with Gasteiger partial charge in [-0.05, 0) is 30.7 Å². The highest BCUT2D eigenvalue weighted by atomic mass is 32.2. The van der Waals surface area contributed by atoms with Crippen LogP contribution in [-0.2, 0) is 17.3 Å². The molecule has 6 heteroatoms. The third kappa shape index (κ3) is 3.76. The molecule has 0 bridgehead atoms. The van der Waals surface area contributed by atoms with Crippen LogP contribution in [-0.4, -0.2) is 35.3 Å². The molecule has 1 heterocycles. The van der Waals surface area contributed by atoms with Crippen molar-refractivity contribution in [3.05, 3.63) is 29.3 Å². The first-order chi connectivity index (χ1) is 9.61. The van der Waals surface area contributed by atoms with E-state index in [4.69, 9.17) is 0 Å². The van der Waals surface area contributed by atoms with E-state index in [-0.39, 0.29) is 5.69 Å². The quantitative estimate of drug-likeness (QED) is 0.845. The molecule has 0 spiro atoms. The monoisotopic (exact) mass is 302 g/mol. The van der Waals surface area contributed by atoms with Crippen molar-refractivity contribution in [1.29, 1.82) is 0 Å². The maximum atomic E-state index is 14.1. The molecule has 0 aliphatic carbocycles. The van der Waals surface area contributed by atoms with Gasteiger partial charge in [0.05, 0.1) is 0 Å². The fourth-order valence-corrected chi connectivity index (χ4v) is 3.35. The first-order valence-electron chi connectivity index (χ1n) is 6.90. The average Bonchev–Trinajstić information content (AvgIpc) is 2.40. The third-order valence-corrected chi connectivity index (χ3v) is 4.60. The van der Waals surface area contributed by atoms with E-state index in [1.807, 2.05) is 6.92 Å². The second kappa shape index (κ2) is 7.13. The van der Waals surface area contributed by atoms with E-state index in [9.17, 15) is 13.0 Å². The van der Waals surface area contributed by atoms with Gasteiger partial charge >= 0.3 is 0 Å². The lowest BCUT2D eigenvalue weighted by Crippen LogP contribution is -2.38. The maximum Gasteiger partial charge on any atom is 0.149 e. The molecule has 0 unspecified atom stereocenters. The zero-order chi connectivity index (χ0) is 14.5. The summed E-state index contributed by atoms with van der Waals surface area (Å²) in [6, 6.07) is 2.76. The molecule has 1 saturated heterocycles. The Morgan fingerprint density at radius 3 is 2.40 bits per heavy atom. The summed E-state index contributed by atoms with van der Waals surface area (Å²) in [4.78, 5) is 1.65. The minimum Gasteiger partial charge on any atom is -0.365 e. The minimum atomic E-state index is -0.854. The molecular weight excluding hydrogens is 282 g/mol.